The van der Waals surface area contributed by atoms with Crippen LogP contribution in [0.2, 0.25) is 0 Å². The molecule has 330 valence electrons. The van der Waals surface area contributed by atoms with Crippen molar-refractivity contribution in [3.8, 4) is 0 Å². The predicted molar refractivity (Wildman–Crippen MR) is 219 cm³/mol. The molecule has 19 nitrogen and oxygen atoms in total. The highest BCUT2D eigenvalue weighted by atomic mass is 32.1. The van der Waals surface area contributed by atoms with Gasteiger partial charge in [0.25, 0.3) is 0 Å². The number of aliphatic hydroxyl groups excluding tert-OH is 4. The molecule has 20 heteroatoms. The summed E-state index contributed by atoms with van der Waals surface area (Å²) in [5, 5.41) is 86.6. The molecule has 0 bridgehead atoms. The lowest BCUT2D eigenvalue weighted by molar-refractivity contribution is -0.132. The molecule has 60 heavy (non-hydrogen) atoms. The van der Waals surface area contributed by atoms with Crippen LogP contribution in [-0.2, 0) is 19.2 Å². The van der Waals surface area contributed by atoms with Crippen LogP contribution in [0.1, 0.15) is 85.5 Å². The van der Waals surface area contributed by atoms with Gasteiger partial charge in [-0.15, -0.1) is 13.2 Å². The third-order valence-electron chi connectivity index (χ3n) is 11.0. The van der Waals surface area contributed by atoms with Crippen molar-refractivity contribution >= 4 is 41.0 Å². The third-order valence-corrected chi connectivity index (χ3v) is 11.3. The fourth-order valence-corrected chi connectivity index (χ4v) is 7.80. The largest absolute Gasteiger partial charge is 0.503 e. The van der Waals surface area contributed by atoms with Crippen molar-refractivity contribution in [3.05, 3.63) is 70.2 Å². The number of aliphatic hydroxyl groups is 8. The molecule has 2 fully saturated rings. The molecule has 1 aromatic heterocycles. The van der Waals surface area contributed by atoms with Gasteiger partial charge in [0, 0.05) is 65.0 Å². The molecular formula is C40H57N7O12S. The minimum absolute atomic E-state index is 0.0319. The van der Waals surface area contributed by atoms with Crippen molar-refractivity contribution in [2.45, 2.75) is 108 Å². The van der Waals surface area contributed by atoms with Gasteiger partial charge in [-0.05, 0) is 72.0 Å². The zero-order valence-electron chi connectivity index (χ0n) is 34.5. The lowest BCUT2D eigenvalue weighted by Crippen LogP contribution is -2.33. The van der Waals surface area contributed by atoms with Gasteiger partial charge in [0.15, 0.2) is 23.0 Å². The highest BCUT2D eigenvalue weighted by Crippen LogP contribution is 2.36. The molecule has 7 rings (SSSR count). The number of hydrogen-bond donors (Lipinski definition) is 9. The smallest absolute Gasteiger partial charge is 0.242 e. The first-order valence-corrected chi connectivity index (χ1v) is 20.1. The fourth-order valence-electron chi connectivity index (χ4n) is 7.61. The molecule has 0 aromatic carbocycles. The minimum Gasteiger partial charge on any atom is -0.503 e. The Morgan fingerprint density at radius 3 is 1.27 bits per heavy atom. The van der Waals surface area contributed by atoms with Crippen LogP contribution in [0, 0.1) is 4.77 Å². The Morgan fingerprint density at radius 1 is 0.617 bits per heavy atom. The first-order valence-electron chi connectivity index (χ1n) is 19.7. The van der Waals surface area contributed by atoms with Crippen molar-refractivity contribution in [1.82, 2.24) is 34.9 Å². The molecule has 0 radical (unpaired) electrons. The van der Waals surface area contributed by atoms with Gasteiger partial charge in [-0.3, -0.25) is 19.2 Å². The number of hydrogen-bond acceptors (Lipinski definition) is 18. The Hall–Kier alpha value is -5.15. The number of carbonyl (C=O) groups is 4. The van der Waals surface area contributed by atoms with Crippen LogP contribution < -0.4 is 0 Å². The van der Waals surface area contributed by atoms with E-state index in [9.17, 15) is 60.0 Å². The fraction of sp³-hybridized carbons (Fsp3) is 0.575. The number of Topliss-reactive ketones (excluding diaryl/α,β-unsaturated/α-hetero) is 4. The number of piperidine rings is 1. The van der Waals surface area contributed by atoms with E-state index in [1.165, 1.54) is 38.8 Å². The Balaban J connectivity index is 0.000000177. The summed E-state index contributed by atoms with van der Waals surface area (Å²) in [5.41, 5.74) is -4.02. The maximum Gasteiger partial charge on any atom is 0.242 e. The summed E-state index contributed by atoms with van der Waals surface area (Å²) in [6.07, 6.45) is 9.49. The summed E-state index contributed by atoms with van der Waals surface area (Å²) in [6.45, 7) is 17.4. The van der Waals surface area contributed by atoms with Crippen LogP contribution >= 0.6 is 12.2 Å². The van der Waals surface area contributed by atoms with E-state index in [1.807, 2.05) is 9.80 Å². The number of nitrogens with zero attached hydrogens (tertiary/aromatic N) is 6. The molecule has 0 saturated carbocycles. The van der Waals surface area contributed by atoms with Crippen molar-refractivity contribution in [3.63, 3.8) is 0 Å². The van der Waals surface area contributed by atoms with E-state index < -0.39 is 51.3 Å². The zero-order chi connectivity index (χ0) is 45.0. The zero-order valence-corrected chi connectivity index (χ0v) is 35.3. The van der Waals surface area contributed by atoms with Crippen LogP contribution in [-0.4, -0.2) is 161 Å². The first-order chi connectivity index (χ1) is 27.9. The Kier molecular flexibility index (Phi) is 14.8. The van der Waals surface area contributed by atoms with E-state index in [1.54, 1.807) is 17.1 Å². The predicted octanol–water partition coefficient (Wildman–Crippen LogP) is 2.48. The highest BCUT2D eigenvalue weighted by Gasteiger charge is 2.46. The summed E-state index contributed by atoms with van der Waals surface area (Å²) in [5.74, 6) is -3.77. The van der Waals surface area contributed by atoms with Crippen LogP contribution in [0.5, 0.6) is 0 Å². The second kappa shape index (κ2) is 18.6. The second-order valence-electron chi connectivity index (χ2n) is 16.4. The van der Waals surface area contributed by atoms with E-state index in [-0.39, 0.29) is 53.4 Å². The standard InChI is InChI=1S/C12H17NO3.C11H17NO3.C10H15NO3.C7H8N4O3S/c1-4-6-13(7-5-2)9-8-12(3,16)11(15)10(9)14;1-11(15)7-8(9(13)10(11)14)12-5-3-2-4-6-12;1-10(14)6-7(8(12)9(10)13)11-4-2-3-5-11;1-7(14)2-3(4(12)5(7)13)11-6(15)8-9-10-11/h4-5,14,16H,1-2,6-8H2,3H3;13,15H,2-7H2,1H3;12,14H,2-6H2,1H3;12,14H,2H2,1H3,(H,8,10,15). The molecule has 1 aromatic rings. The normalized spacial score (nSPS) is 29.1. The molecule has 9 N–H and O–H groups in total. The lowest BCUT2D eigenvalue weighted by Gasteiger charge is -2.30. The van der Waals surface area contributed by atoms with Gasteiger partial charge in [-0.2, -0.15) is 5.21 Å². The first kappa shape index (κ1) is 47.5. The van der Waals surface area contributed by atoms with Gasteiger partial charge in [0.2, 0.25) is 27.9 Å². The summed E-state index contributed by atoms with van der Waals surface area (Å²) >= 11 is 4.81. The number of ketones is 4. The number of H-pyrrole nitrogens is 1. The number of aromatic nitrogens is 4. The Labute approximate surface area is 352 Å². The summed E-state index contributed by atoms with van der Waals surface area (Å²) in [4.78, 5) is 51.6. The van der Waals surface area contributed by atoms with E-state index >= 15 is 0 Å². The minimum atomic E-state index is -1.60. The lowest BCUT2D eigenvalue weighted by atomic mass is 10.0. The molecule has 6 aliphatic rings. The summed E-state index contributed by atoms with van der Waals surface area (Å²) in [7, 11) is 0. The molecule has 0 spiro atoms. The average Bonchev–Trinajstić information content (AvgIpc) is 4.03. The molecule has 4 aliphatic carbocycles. The molecule has 4 atom stereocenters. The topological polar surface area (TPSA) is 286 Å². The van der Waals surface area contributed by atoms with Crippen molar-refractivity contribution < 1.29 is 60.0 Å². The van der Waals surface area contributed by atoms with Gasteiger partial charge in [0.1, 0.15) is 22.4 Å². The summed E-state index contributed by atoms with van der Waals surface area (Å²) in [6, 6.07) is 0. The molecule has 3 heterocycles. The molecular weight excluding hydrogens is 803 g/mol. The van der Waals surface area contributed by atoms with E-state index in [0.717, 1.165) is 51.9 Å². The number of likely N-dealkylation sites (tertiary alicyclic amines) is 2. The van der Waals surface area contributed by atoms with Gasteiger partial charge >= 0.3 is 0 Å². The molecule has 4 unspecified atom stereocenters. The number of rotatable bonds is 8. The highest BCUT2D eigenvalue weighted by molar-refractivity contribution is 7.71. The maximum absolute atomic E-state index is 11.5. The third kappa shape index (κ3) is 10.2. The maximum atomic E-state index is 11.5. The van der Waals surface area contributed by atoms with Crippen LogP contribution in [0.25, 0.3) is 5.70 Å². The molecule has 2 saturated heterocycles. The van der Waals surface area contributed by atoms with Gasteiger partial charge in [-0.25, -0.2) is 4.68 Å². The van der Waals surface area contributed by atoms with Gasteiger partial charge < -0.3 is 55.6 Å². The van der Waals surface area contributed by atoms with Crippen molar-refractivity contribution in [2.24, 2.45) is 0 Å². The molecule has 0 amide bonds. The SMILES string of the molecule is C=CCN(CC=C)C1=C(O)C(=O)C(C)(O)C1.CC1(O)CC(N2CCCC2)=C(O)C1=O.CC1(O)CC(N2CCCCC2)=C(O)C1=O.CC1(O)CC(n2[nH]nnc2=S)=C(O)C1=O. The van der Waals surface area contributed by atoms with E-state index in [2.05, 4.69) is 28.7 Å². The Bertz CT molecular complexity index is 2050. The van der Waals surface area contributed by atoms with Crippen LogP contribution in [0.4, 0.5) is 0 Å². The number of nitrogens with one attached hydrogen (secondary N) is 1. The van der Waals surface area contributed by atoms with Crippen molar-refractivity contribution in [2.75, 3.05) is 39.3 Å². The van der Waals surface area contributed by atoms with Crippen molar-refractivity contribution in [1.29, 1.82) is 0 Å². The number of tetrazole rings is 1. The van der Waals surface area contributed by atoms with Gasteiger partial charge in [-0.1, -0.05) is 22.5 Å². The quantitative estimate of drug-likeness (QED) is 0.134. The second-order valence-corrected chi connectivity index (χ2v) is 16.8. The molecule has 2 aliphatic heterocycles. The number of carbonyl (C=O) groups excluding carboxylic acids is 4. The summed E-state index contributed by atoms with van der Waals surface area (Å²) < 4.78 is 1.27. The van der Waals surface area contributed by atoms with Crippen LogP contribution in [0.15, 0.2) is 65.4 Å². The monoisotopic (exact) mass is 859 g/mol. The number of aromatic amines is 1. The van der Waals surface area contributed by atoms with Crippen LogP contribution in [0.3, 0.4) is 0 Å². The average molecular weight is 860 g/mol. The van der Waals surface area contributed by atoms with E-state index in [4.69, 9.17) is 12.2 Å². The Morgan fingerprint density at radius 2 is 0.967 bits per heavy atom. The van der Waals surface area contributed by atoms with Gasteiger partial charge in [0.05, 0.1) is 22.8 Å². The van der Waals surface area contributed by atoms with E-state index in [0.29, 0.717) is 30.2 Å².